The Bertz CT molecular complexity index is 2460. The lowest BCUT2D eigenvalue weighted by Crippen LogP contribution is -2.14. The molecule has 2 unspecified atom stereocenters. The van der Waals surface area contributed by atoms with E-state index < -0.39 is 26.1 Å². The van der Waals surface area contributed by atoms with Gasteiger partial charge in [-0.15, -0.1) is 25.6 Å². The van der Waals surface area contributed by atoms with Gasteiger partial charge in [0, 0.05) is 17.3 Å². The highest BCUT2D eigenvalue weighted by Crippen LogP contribution is 2.25. The largest absolute Gasteiger partial charge is 0.322 e. The van der Waals surface area contributed by atoms with Gasteiger partial charge in [-0.05, 0) is 68.6 Å². The van der Waals surface area contributed by atoms with E-state index in [2.05, 4.69) is 43.1 Å². The number of halogens is 1. The molecule has 14 nitrogen and oxygen atoms in total. The van der Waals surface area contributed by atoms with Crippen LogP contribution in [0.4, 0.5) is 0 Å². The predicted octanol–water partition coefficient (Wildman–Crippen LogP) is 6.88. The summed E-state index contributed by atoms with van der Waals surface area (Å²) in [6.07, 6.45) is 10.1. The molecule has 0 aliphatic rings. The molecule has 0 saturated heterocycles. The zero-order chi connectivity index (χ0) is 36.1. The number of rotatable bonds is 11. The lowest BCUT2D eigenvalue weighted by molar-refractivity contribution is 0.587. The molecule has 0 aliphatic heterocycles. The molecule has 0 fully saturated rings. The van der Waals surface area contributed by atoms with E-state index in [1.54, 1.807) is 72.8 Å². The molecule has 0 amide bonds. The smallest absolute Gasteiger partial charge is 0.269 e. The van der Waals surface area contributed by atoms with Crippen LogP contribution in [-0.4, -0.2) is 44.7 Å². The number of hydrogen-bond acceptors (Lipinski definition) is 10. The Hall–Kier alpha value is -5.38. The maximum atomic E-state index is 12.9. The van der Waals surface area contributed by atoms with Gasteiger partial charge in [-0.1, -0.05) is 52.7 Å². The van der Waals surface area contributed by atoms with Crippen molar-refractivity contribution in [3.8, 4) is 0 Å². The Morgan fingerprint density at radius 3 is 1.63 bits per heavy atom. The Morgan fingerprint density at radius 1 is 0.765 bits per heavy atom. The van der Waals surface area contributed by atoms with E-state index in [9.17, 15) is 16.8 Å². The lowest BCUT2D eigenvalue weighted by atomic mass is 10.1. The zero-order valence-corrected chi connectivity index (χ0v) is 30.1. The van der Waals surface area contributed by atoms with Crippen molar-refractivity contribution in [2.45, 2.75) is 48.6 Å². The third kappa shape index (κ3) is 8.17. The molecule has 6 rings (SSSR count). The van der Waals surface area contributed by atoms with Gasteiger partial charge >= 0.3 is 0 Å². The molecule has 2 aromatic carbocycles. The lowest BCUT2D eigenvalue weighted by Gasteiger charge is -2.09. The highest BCUT2D eigenvalue weighted by Gasteiger charge is 2.22. The second-order valence-corrected chi connectivity index (χ2v) is 14.9. The molecule has 0 bridgehead atoms. The van der Waals surface area contributed by atoms with Crippen molar-refractivity contribution in [2.75, 3.05) is 0 Å². The van der Waals surface area contributed by atoms with Gasteiger partial charge in [-0.25, -0.2) is 44.7 Å². The highest BCUT2D eigenvalue weighted by atomic mass is 35.5. The summed E-state index contributed by atoms with van der Waals surface area (Å²) in [5.74, 6) is 0. The van der Waals surface area contributed by atoms with E-state index in [4.69, 9.17) is 11.3 Å². The van der Waals surface area contributed by atoms with Crippen molar-refractivity contribution in [2.24, 2.45) is 10.8 Å². The summed E-state index contributed by atoms with van der Waals surface area (Å²) in [6.45, 7) is 11.1. The van der Waals surface area contributed by atoms with Gasteiger partial charge < -0.3 is 5.73 Å². The SMILES string of the molecule is C=CCC(N)c1cnc2c(ccn2S(=O)(=O)c2ccc(C)cc2)n1.C=CCC(N=[N+]=[N-])c1cnc2c(ccn2S(=O)(=O)c2ccc(C)cc2)n1.Cl. The number of nitrogens with zero attached hydrogens (tertiary/aromatic N) is 9. The predicted molar refractivity (Wildman–Crippen MR) is 198 cm³/mol. The number of fused-ring (bicyclic) bond motifs is 2. The van der Waals surface area contributed by atoms with Crippen LogP contribution in [0.25, 0.3) is 32.8 Å². The monoisotopic (exact) mass is 746 g/mol. The first-order valence-corrected chi connectivity index (χ1v) is 18.1. The van der Waals surface area contributed by atoms with Crippen LogP contribution < -0.4 is 5.73 Å². The van der Waals surface area contributed by atoms with E-state index in [0.717, 1.165) is 19.1 Å². The Labute approximate surface area is 301 Å². The fourth-order valence-electron chi connectivity index (χ4n) is 4.93. The van der Waals surface area contributed by atoms with Gasteiger partial charge in [0.05, 0.1) is 45.7 Å². The molecule has 0 aliphatic carbocycles. The van der Waals surface area contributed by atoms with Crippen LogP contribution >= 0.6 is 12.4 Å². The summed E-state index contributed by atoms with van der Waals surface area (Å²) in [5, 5.41) is 3.68. The number of nitrogens with two attached hydrogens (primary N) is 1. The summed E-state index contributed by atoms with van der Waals surface area (Å²) in [5.41, 5.74) is 19.1. The van der Waals surface area contributed by atoms with E-state index >= 15 is 0 Å². The van der Waals surface area contributed by atoms with Crippen molar-refractivity contribution in [3.05, 3.63) is 144 Å². The van der Waals surface area contributed by atoms with Gasteiger partial charge in [0.1, 0.15) is 11.0 Å². The fraction of sp³-hybridized carbons (Fsp3) is 0.176. The van der Waals surface area contributed by atoms with Crippen molar-refractivity contribution in [3.63, 3.8) is 0 Å². The number of aryl methyl sites for hydroxylation is 2. The first-order valence-electron chi connectivity index (χ1n) is 15.2. The van der Waals surface area contributed by atoms with E-state index in [0.29, 0.717) is 35.3 Å². The molecule has 51 heavy (non-hydrogen) atoms. The number of azide groups is 1. The van der Waals surface area contributed by atoms with Crippen LogP contribution in [0.15, 0.2) is 126 Å². The van der Waals surface area contributed by atoms with Crippen LogP contribution in [0, 0.1) is 13.8 Å². The average molecular weight is 747 g/mol. The molecular weight excluding hydrogens is 712 g/mol. The molecule has 0 radical (unpaired) electrons. The van der Waals surface area contributed by atoms with E-state index in [-0.39, 0.29) is 39.5 Å². The molecule has 17 heteroatoms. The fourth-order valence-corrected chi connectivity index (χ4v) is 7.52. The summed E-state index contributed by atoms with van der Waals surface area (Å²) < 4.78 is 53.6. The molecule has 4 heterocycles. The van der Waals surface area contributed by atoms with Crippen LogP contribution in [0.3, 0.4) is 0 Å². The van der Waals surface area contributed by atoms with Crippen molar-refractivity contribution < 1.29 is 16.8 Å². The molecule has 0 spiro atoms. The molecule has 6 aromatic rings. The summed E-state index contributed by atoms with van der Waals surface area (Å²) >= 11 is 0. The molecule has 264 valence electrons. The standard InChI is InChI=1S/C17H16N6O2S.C17H18N4O2S.ClH/c1-3-4-14(21-22-18)16-11-19-17-15(20-16)9-10-23(17)26(24,25)13-7-5-12(2)6-8-13;1-3-4-14(18)16-11-19-17-15(20-16)9-10-21(17)24(22,23)13-7-5-12(2)6-8-13;/h3,5-11,14H,1,4H2,2H3;3,5-11,14H,1,4,18H2,2H3;1H. The van der Waals surface area contributed by atoms with Gasteiger partial charge in [0.25, 0.3) is 20.0 Å². The van der Waals surface area contributed by atoms with Gasteiger partial charge in [-0.2, -0.15) is 0 Å². The van der Waals surface area contributed by atoms with Crippen molar-refractivity contribution in [1.82, 2.24) is 27.9 Å². The summed E-state index contributed by atoms with van der Waals surface area (Å²) in [7, 11) is -7.49. The maximum absolute atomic E-state index is 12.9. The topological polar surface area (TPSA) is 204 Å². The van der Waals surface area contributed by atoms with Gasteiger partial charge in [0.2, 0.25) is 0 Å². The second kappa shape index (κ2) is 16.1. The quantitative estimate of drug-likeness (QED) is 0.0634. The maximum Gasteiger partial charge on any atom is 0.269 e. The Morgan fingerprint density at radius 2 is 1.20 bits per heavy atom. The molecular formula is C34H35ClN10O4S2. The van der Waals surface area contributed by atoms with E-state index in [1.807, 2.05) is 13.8 Å². The number of benzene rings is 2. The number of hydrogen-bond donors (Lipinski definition) is 1. The van der Waals surface area contributed by atoms with Crippen LogP contribution in [0.1, 0.15) is 47.4 Å². The normalized spacial score (nSPS) is 12.5. The summed E-state index contributed by atoms with van der Waals surface area (Å²) in [4.78, 5) is 20.5. The zero-order valence-electron chi connectivity index (χ0n) is 27.7. The minimum Gasteiger partial charge on any atom is -0.322 e. The van der Waals surface area contributed by atoms with Crippen molar-refractivity contribution >= 4 is 54.8 Å². The number of aromatic nitrogens is 6. The second-order valence-electron chi connectivity index (χ2n) is 11.2. The Kier molecular flexibility index (Phi) is 12.1. The molecule has 0 saturated carbocycles. The average Bonchev–Trinajstić information content (AvgIpc) is 3.74. The first kappa shape index (κ1) is 38.4. The van der Waals surface area contributed by atoms with Gasteiger partial charge in [0.15, 0.2) is 11.3 Å². The molecule has 4 aromatic heterocycles. The van der Waals surface area contributed by atoms with Crippen LogP contribution in [-0.2, 0) is 20.0 Å². The summed E-state index contributed by atoms with van der Waals surface area (Å²) in [6, 6.07) is 15.6. The van der Waals surface area contributed by atoms with E-state index in [1.165, 1.54) is 24.8 Å². The third-order valence-electron chi connectivity index (χ3n) is 7.63. The Balaban J connectivity index is 0.000000225. The van der Waals surface area contributed by atoms with Crippen molar-refractivity contribution in [1.29, 1.82) is 0 Å². The third-order valence-corrected chi connectivity index (χ3v) is 11.0. The van der Waals surface area contributed by atoms with Crippen LogP contribution in [0.5, 0.6) is 0 Å². The molecule has 2 atom stereocenters. The highest BCUT2D eigenvalue weighted by molar-refractivity contribution is 7.90. The van der Waals surface area contributed by atoms with Crippen LogP contribution in [0.2, 0.25) is 0 Å². The first-order chi connectivity index (χ1) is 23.9. The van der Waals surface area contributed by atoms with Gasteiger partial charge in [-0.3, -0.25) is 0 Å². The minimum atomic E-state index is -3.78. The minimum absolute atomic E-state index is 0. The molecule has 2 N–H and O–H groups in total.